The van der Waals surface area contributed by atoms with Crippen molar-refractivity contribution in [1.29, 1.82) is 0 Å². The first-order valence-electron chi connectivity index (χ1n) is 6.95. The van der Waals surface area contributed by atoms with Gasteiger partial charge in [-0.15, -0.1) is 0 Å². The molecule has 0 aliphatic rings. The van der Waals surface area contributed by atoms with Crippen molar-refractivity contribution in [1.82, 2.24) is 5.32 Å². The molecule has 0 bridgehead atoms. The van der Waals surface area contributed by atoms with Gasteiger partial charge < -0.3 is 21.5 Å². The van der Waals surface area contributed by atoms with E-state index in [2.05, 4.69) is 5.32 Å². The molecule has 0 saturated carbocycles. The zero-order valence-electron chi connectivity index (χ0n) is 12.5. The summed E-state index contributed by atoms with van der Waals surface area (Å²) in [7, 11) is 0. The second-order valence-electron chi connectivity index (χ2n) is 4.94. The minimum atomic E-state index is -0.942. The number of amides is 2. The number of carbonyl (C=O) groups excluding carboxylic acids is 3. The van der Waals surface area contributed by atoms with Crippen molar-refractivity contribution in [3.8, 4) is 0 Å². The molecule has 2 unspecified atom stereocenters. The van der Waals surface area contributed by atoms with Crippen LogP contribution in [0.1, 0.15) is 25.3 Å². The predicted molar refractivity (Wildman–Crippen MR) is 80.2 cm³/mol. The minimum absolute atomic E-state index is 0.0281. The molecule has 0 radical (unpaired) electrons. The highest BCUT2D eigenvalue weighted by molar-refractivity contribution is 5.89. The van der Waals surface area contributed by atoms with E-state index in [4.69, 9.17) is 16.2 Å². The van der Waals surface area contributed by atoms with Crippen LogP contribution in [0.3, 0.4) is 0 Å². The fourth-order valence-corrected chi connectivity index (χ4v) is 1.66. The van der Waals surface area contributed by atoms with E-state index in [1.54, 1.807) is 0 Å². The third kappa shape index (κ3) is 6.36. The van der Waals surface area contributed by atoms with Gasteiger partial charge in [-0.05, 0) is 18.9 Å². The molecule has 0 aliphatic carbocycles. The summed E-state index contributed by atoms with van der Waals surface area (Å²) in [6.07, 6.45) is 0.0427. The minimum Gasteiger partial charge on any atom is -0.461 e. The zero-order valence-corrected chi connectivity index (χ0v) is 12.5. The number of ether oxygens (including phenoxy) is 1. The molecule has 0 heterocycles. The van der Waals surface area contributed by atoms with E-state index >= 15 is 0 Å². The Labute approximate surface area is 129 Å². The maximum atomic E-state index is 11.7. The number of primary amides is 1. The fourth-order valence-electron chi connectivity index (χ4n) is 1.66. The summed E-state index contributed by atoms with van der Waals surface area (Å²) in [5.74, 6) is -1.68. The van der Waals surface area contributed by atoms with E-state index in [0.717, 1.165) is 5.56 Å². The first-order valence-corrected chi connectivity index (χ1v) is 6.95. The van der Waals surface area contributed by atoms with E-state index in [-0.39, 0.29) is 19.4 Å². The van der Waals surface area contributed by atoms with Gasteiger partial charge in [-0.25, -0.2) is 0 Å². The van der Waals surface area contributed by atoms with Crippen molar-refractivity contribution in [3.63, 3.8) is 0 Å². The van der Waals surface area contributed by atoms with Gasteiger partial charge in [-0.2, -0.15) is 0 Å². The summed E-state index contributed by atoms with van der Waals surface area (Å²) in [5, 5.41) is 2.40. The molecule has 120 valence electrons. The highest BCUT2D eigenvalue weighted by Crippen LogP contribution is 2.04. The van der Waals surface area contributed by atoms with Gasteiger partial charge in [0.1, 0.15) is 12.6 Å². The van der Waals surface area contributed by atoms with Crippen molar-refractivity contribution in [3.05, 3.63) is 35.9 Å². The summed E-state index contributed by atoms with van der Waals surface area (Å²) in [6, 6.07) is 7.52. The molecule has 0 aliphatic heterocycles. The Morgan fingerprint density at radius 3 is 2.41 bits per heavy atom. The van der Waals surface area contributed by atoms with Crippen LogP contribution in [-0.4, -0.2) is 29.9 Å². The lowest BCUT2D eigenvalue weighted by molar-refractivity contribution is -0.145. The zero-order chi connectivity index (χ0) is 16.5. The maximum absolute atomic E-state index is 11.7. The first kappa shape index (κ1) is 17.6. The monoisotopic (exact) mass is 307 g/mol. The molecule has 22 heavy (non-hydrogen) atoms. The summed E-state index contributed by atoms with van der Waals surface area (Å²) in [6.45, 7) is 1.65. The van der Waals surface area contributed by atoms with Crippen molar-refractivity contribution in [2.45, 2.75) is 38.5 Å². The number of hydrogen-bond acceptors (Lipinski definition) is 5. The summed E-state index contributed by atoms with van der Waals surface area (Å²) >= 11 is 0. The molecule has 1 rings (SSSR count). The molecule has 0 saturated heterocycles. The van der Waals surface area contributed by atoms with Gasteiger partial charge in [0, 0.05) is 6.42 Å². The van der Waals surface area contributed by atoms with Crippen LogP contribution in [0, 0.1) is 0 Å². The van der Waals surface area contributed by atoms with Crippen molar-refractivity contribution >= 4 is 17.8 Å². The van der Waals surface area contributed by atoms with Gasteiger partial charge in [-0.1, -0.05) is 30.3 Å². The Hall–Kier alpha value is -2.41. The van der Waals surface area contributed by atoms with E-state index in [1.807, 2.05) is 30.3 Å². The maximum Gasteiger partial charge on any atom is 0.306 e. The largest absolute Gasteiger partial charge is 0.461 e. The molecule has 0 aromatic heterocycles. The average Bonchev–Trinajstić information content (AvgIpc) is 2.49. The molecule has 7 heteroatoms. The van der Waals surface area contributed by atoms with E-state index in [1.165, 1.54) is 6.92 Å². The van der Waals surface area contributed by atoms with Crippen molar-refractivity contribution in [2.24, 2.45) is 11.5 Å². The van der Waals surface area contributed by atoms with Gasteiger partial charge >= 0.3 is 5.97 Å². The topological polar surface area (TPSA) is 125 Å². The lowest BCUT2D eigenvalue weighted by Crippen LogP contribution is -2.49. The van der Waals surface area contributed by atoms with Crippen LogP contribution in [-0.2, 0) is 25.7 Å². The number of nitrogens with one attached hydrogen (secondary N) is 1. The second-order valence-corrected chi connectivity index (χ2v) is 4.94. The molecule has 1 aromatic carbocycles. The highest BCUT2D eigenvalue weighted by atomic mass is 16.5. The van der Waals surface area contributed by atoms with Crippen LogP contribution in [0.4, 0.5) is 0 Å². The summed E-state index contributed by atoms with van der Waals surface area (Å²) in [4.78, 5) is 34.4. The van der Waals surface area contributed by atoms with Crippen LogP contribution >= 0.6 is 0 Å². The van der Waals surface area contributed by atoms with Crippen LogP contribution in [0.25, 0.3) is 0 Å². The molecule has 1 aromatic rings. The second kappa shape index (κ2) is 8.78. The van der Waals surface area contributed by atoms with E-state index in [9.17, 15) is 14.4 Å². The van der Waals surface area contributed by atoms with Gasteiger partial charge in [-0.3, -0.25) is 14.4 Å². The lowest BCUT2D eigenvalue weighted by atomic mass is 10.1. The Balaban J connectivity index is 2.39. The molecular formula is C15H21N3O4. The quantitative estimate of drug-likeness (QED) is 0.575. The number of nitrogens with two attached hydrogens (primary N) is 2. The number of esters is 1. The van der Waals surface area contributed by atoms with Gasteiger partial charge in [0.25, 0.3) is 0 Å². The van der Waals surface area contributed by atoms with Gasteiger partial charge in [0.15, 0.2) is 0 Å². The predicted octanol–water partition coefficient (Wildman–Crippen LogP) is -0.173. The normalized spacial score (nSPS) is 13.0. The molecule has 2 amide bonds. The van der Waals surface area contributed by atoms with Gasteiger partial charge in [0.2, 0.25) is 11.8 Å². The first-order chi connectivity index (χ1) is 10.4. The Morgan fingerprint density at radius 1 is 1.23 bits per heavy atom. The van der Waals surface area contributed by atoms with Crippen LogP contribution in [0.15, 0.2) is 30.3 Å². The fraction of sp³-hybridized carbons (Fsp3) is 0.400. The molecule has 0 spiro atoms. The Morgan fingerprint density at radius 2 is 1.86 bits per heavy atom. The lowest BCUT2D eigenvalue weighted by Gasteiger charge is -2.16. The molecule has 0 fully saturated rings. The van der Waals surface area contributed by atoms with Crippen LogP contribution in [0.2, 0.25) is 0 Å². The Bertz CT molecular complexity index is 517. The van der Waals surface area contributed by atoms with Crippen LogP contribution in [0.5, 0.6) is 0 Å². The standard InChI is InChI=1S/C15H21N3O4/c1-10(16)15(21)18-12(14(17)20)7-8-13(19)22-9-11-5-3-2-4-6-11/h2-6,10,12H,7-9,16H2,1H3,(H2,17,20)(H,18,21). The van der Waals surface area contributed by atoms with Gasteiger partial charge in [0.05, 0.1) is 6.04 Å². The molecular weight excluding hydrogens is 286 g/mol. The van der Waals surface area contributed by atoms with Crippen LogP contribution < -0.4 is 16.8 Å². The average molecular weight is 307 g/mol. The van der Waals surface area contributed by atoms with E-state index in [0.29, 0.717) is 0 Å². The molecule has 5 N–H and O–H groups in total. The number of carbonyl (C=O) groups is 3. The molecule has 2 atom stereocenters. The summed E-state index contributed by atoms with van der Waals surface area (Å²) < 4.78 is 5.08. The Kier molecular flexibility index (Phi) is 7.04. The van der Waals surface area contributed by atoms with Crippen molar-refractivity contribution in [2.75, 3.05) is 0 Å². The van der Waals surface area contributed by atoms with Crippen molar-refractivity contribution < 1.29 is 19.1 Å². The third-order valence-corrected chi connectivity index (χ3v) is 2.95. The summed E-state index contributed by atoms with van der Waals surface area (Å²) in [5.41, 5.74) is 11.5. The van der Waals surface area contributed by atoms with E-state index < -0.39 is 29.9 Å². The SMILES string of the molecule is CC(N)C(=O)NC(CCC(=O)OCc1ccccc1)C(N)=O. The molecule has 7 nitrogen and oxygen atoms in total. The third-order valence-electron chi connectivity index (χ3n) is 2.95. The number of hydrogen-bond donors (Lipinski definition) is 3. The number of rotatable bonds is 8. The number of benzene rings is 1. The smallest absolute Gasteiger partial charge is 0.306 e. The highest BCUT2D eigenvalue weighted by Gasteiger charge is 2.21.